The lowest BCUT2D eigenvalue weighted by molar-refractivity contribution is 0.669. The molecule has 0 aliphatic carbocycles. The average Bonchev–Trinajstić information content (AvgIpc) is 2.94. The van der Waals surface area contributed by atoms with Gasteiger partial charge in [0.15, 0.2) is 0 Å². The maximum Gasteiger partial charge on any atom is -0.00201 e. The van der Waals surface area contributed by atoms with Crippen LogP contribution in [0, 0.1) is 34.6 Å². The summed E-state index contributed by atoms with van der Waals surface area (Å²) in [7, 11) is 0. The molecule has 1 unspecified atom stereocenters. The van der Waals surface area contributed by atoms with Crippen molar-refractivity contribution in [2.75, 3.05) is 0 Å². The van der Waals surface area contributed by atoms with E-state index in [2.05, 4.69) is 144 Å². The van der Waals surface area contributed by atoms with Gasteiger partial charge in [-0.05, 0) is 116 Å². The van der Waals surface area contributed by atoms with Crippen molar-refractivity contribution in [1.29, 1.82) is 0 Å². The molecule has 0 aliphatic rings. The first-order chi connectivity index (χ1) is 19.4. The summed E-state index contributed by atoms with van der Waals surface area (Å²) in [5, 5.41) is 0. The highest BCUT2D eigenvalue weighted by atomic mass is 14.2. The molecule has 0 heterocycles. The Balaban J connectivity index is 1.63. The maximum atomic E-state index is 2.41. The summed E-state index contributed by atoms with van der Waals surface area (Å²) >= 11 is 0. The molecule has 202 valence electrons. The topological polar surface area (TPSA) is 0 Å². The molecular formula is C40H42. The zero-order valence-electron chi connectivity index (χ0n) is 24.8. The minimum absolute atomic E-state index is 0.391. The van der Waals surface area contributed by atoms with Crippen LogP contribution in [-0.2, 0) is 25.7 Å². The van der Waals surface area contributed by atoms with E-state index in [1.54, 1.807) is 0 Å². The third-order valence-corrected chi connectivity index (χ3v) is 8.43. The highest BCUT2D eigenvalue weighted by Gasteiger charge is 2.21. The maximum absolute atomic E-state index is 2.41. The van der Waals surface area contributed by atoms with Crippen molar-refractivity contribution in [3.63, 3.8) is 0 Å². The Labute approximate surface area is 241 Å². The lowest BCUT2D eigenvalue weighted by Gasteiger charge is -2.25. The van der Waals surface area contributed by atoms with Crippen LogP contribution < -0.4 is 0 Å². The van der Waals surface area contributed by atoms with Crippen LogP contribution >= 0.6 is 0 Å². The second kappa shape index (κ2) is 12.5. The smallest absolute Gasteiger partial charge is 0.00201 e. The third-order valence-electron chi connectivity index (χ3n) is 8.43. The van der Waals surface area contributed by atoms with Crippen LogP contribution in [0.5, 0.6) is 0 Å². The van der Waals surface area contributed by atoms with Crippen molar-refractivity contribution in [1.82, 2.24) is 0 Å². The van der Waals surface area contributed by atoms with E-state index in [0.717, 1.165) is 25.7 Å². The fraction of sp³-hybridized carbons (Fsp3) is 0.250. The summed E-state index contributed by atoms with van der Waals surface area (Å²) < 4.78 is 0. The van der Waals surface area contributed by atoms with Gasteiger partial charge in [0, 0.05) is 0 Å². The summed E-state index contributed by atoms with van der Waals surface area (Å²) in [5.41, 5.74) is 16.8. The van der Waals surface area contributed by atoms with Crippen molar-refractivity contribution < 1.29 is 0 Å². The Morgan fingerprint density at radius 1 is 0.450 bits per heavy atom. The fourth-order valence-corrected chi connectivity index (χ4v) is 6.04. The molecule has 0 aromatic heterocycles. The van der Waals surface area contributed by atoms with Gasteiger partial charge < -0.3 is 0 Å². The van der Waals surface area contributed by atoms with Crippen molar-refractivity contribution in [3.8, 4) is 0 Å². The van der Waals surface area contributed by atoms with Crippen molar-refractivity contribution in [2.45, 2.75) is 66.2 Å². The Kier molecular flexibility index (Phi) is 8.66. The molecule has 5 rings (SSSR count). The molecule has 5 aromatic carbocycles. The largest absolute Gasteiger partial charge is 0.0620 e. The molecule has 0 fully saturated rings. The van der Waals surface area contributed by atoms with Gasteiger partial charge in [0.05, 0.1) is 0 Å². The summed E-state index contributed by atoms with van der Waals surface area (Å²) in [6.07, 6.45) is 3.98. The van der Waals surface area contributed by atoms with Gasteiger partial charge in [-0.15, -0.1) is 0 Å². The minimum atomic E-state index is 0.391. The van der Waals surface area contributed by atoms with E-state index >= 15 is 0 Å². The van der Waals surface area contributed by atoms with Crippen LogP contribution in [0.4, 0.5) is 0 Å². The Morgan fingerprint density at radius 3 is 1.90 bits per heavy atom. The number of rotatable bonds is 9. The third kappa shape index (κ3) is 6.80. The number of hydrogen-bond acceptors (Lipinski definition) is 0. The Hall–Kier alpha value is -3.90. The molecule has 0 radical (unpaired) electrons. The molecule has 0 nitrogen and oxygen atoms in total. The molecule has 0 amide bonds. The van der Waals surface area contributed by atoms with Gasteiger partial charge in [-0.3, -0.25) is 0 Å². The van der Waals surface area contributed by atoms with Crippen molar-refractivity contribution >= 4 is 0 Å². The summed E-state index contributed by atoms with van der Waals surface area (Å²) in [4.78, 5) is 0. The second-order valence-corrected chi connectivity index (χ2v) is 11.8. The van der Waals surface area contributed by atoms with Crippen LogP contribution in [0.25, 0.3) is 0 Å². The van der Waals surface area contributed by atoms with Crippen molar-refractivity contribution in [2.24, 2.45) is 0 Å². The first kappa shape index (κ1) is 27.7. The van der Waals surface area contributed by atoms with E-state index in [9.17, 15) is 0 Å². The lowest BCUT2D eigenvalue weighted by Crippen LogP contribution is -2.13. The van der Waals surface area contributed by atoms with Crippen LogP contribution in [-0.4, -0.2) is 0 Å². The quantitative estimate of drug-likeness (QED) is 0.181. The Morgan fingerprint density at radius 2 is 1.12 bits per heavy atom. The molecule has 0 spiro atoms. The predicted molar refractivity (Wildman–Crippen MR) is 172 cm³/mol. The first-order valence-corrected chi connectivity index (χ1v) is 14.7. The molecule has 40 heavy (non-hydrogen) atoms. The normalized spacial score (nSPS) is 11.9. The van der Waals surface area contributed by atoms with E-state index in [1.165, 1.54) is 66.8 Å². The van der Waals surface area contributed by atoms with Crippen LogP contribution in [0.15, 0.2) is 109 Å². The molecule has 0 aliphatic heterocycles. The summed E-state index contributed by atoms with van der Waals surface area (Å²) in [5.74, 6) is 0.391. The SMILES string of the molecule is Cc1ccc(Cc2c(Cc3cc(C)ccc3C)cccc2C(Cc2cccc(C)c2)Cc2ccccc2C)cc1. The summed E-state index contributed by atoms with van der Waals surface area (Å²) in [6.45, 7) is 11.1. The summed E-state index contributed by atoms with van der Waals surface area (Å²) in [6, 6.07) is 41.1. The van der Waals surface area contributed by atoms with Gasteiger partial charge in [-0.2, -0.15) is 0 Å². The Bertz CT molecular complexity index is 1590. The van der Waals surface area contributed by atoms with Gasteiger partial charge in [-0.25, -0.2) is 0 Å². The highest BCUT2D eigenvalue weighted by molar-refractivity contribution is 5.46. The standard InChI is InChI=1S/C40H42/c1-28-17-20-33(21-18-28)25-40-36(27-37-23-30(3)16-19-32(37)5)14-9-15-39(40)38(24-34-12-8-10-29(2)22-34)26-35-13-7-6-11-31(35)4/h6-23,38H,24-27H2,1-5H3. The van der Waals surface area contributed by atoms with Gasteiger partial charge in [0.2, 0.25) is 0 Å². The molecule has 0 saturated carbocycles. The zero-order chi connectivity index (χ0) is 28.1. The molecular weight excluding hydrogens is 480 g/mol. The fourth-order valence-electron chi connectivity index (χ4n) is 6.04. The van der Waals surface area contributed by atoms with E-state index in [-0.39, 0.29) is 0 Å². The van der Waals surface area contributed by atoms with E-state index in [4.69, 9.17) is 0 Å². The average molecular weight is 523 g/mol. The molecule has 5 aromatic rings. The van der Waals surface area contributed by atoms with E-state index in [1.807, 2.05) is 0 Å². The predicted octanol–water partition coefficient (Wildman–Crippen LogP) is 9.98. The van der Waals surface area contributed by atoms with E-state index < -0.39 is 0 Å². The molecule has 0 heteroatoms. The second-order valence-electron chi connectivity index (χ2n) is 11.8. The molecule has 0 saturated heterocycles. The number of aryl methyl sites for hydroxylation is 5. The van der Waals surface area contributed by atoms with Gasteiger partial charge in [-0.1, -0.05) is 126 Å². The number of benzene rings is 5. The van der Waals surface area contributed by atoms with E-state index in [0.29, 0.717) is 5.92 Å². The molecule has 1 atom stereocenters. The van der Waals surface area contributed by atoms with Gasteiger partial charge >= 0.3 is 0 Å². The zero-order valence-corrected chi connectivity index (χ0v) is 24.8. The van der Waals surface area contributed by atoms with Gasteiger partial charge in [0.25, 0.3) is 0 Å². The minimum Gasteiger partial charge on any atom is -0.0620 e. The number of hydrogen-bond donors (Lipinski definition) is 0. The first-order valence-electron chi connectivity index (χ1n) is 14.7. The monoisotopic (exact) mass is 522 g/mol. The van der Waals surface area contributed by atoms with Crippen molar-refractivity contribution in [3.05, 3.63) is 176 Å². The molecule has 0 bridgehead atoms. The molecule has 0 N–H and O–H groups in total. The van der Waals surface area contributed by atoms with Crippen LogP contribution in [0.3, 0.4) is 0 Å². The highest BCUT2D eigenvalue weighted by Crippen LogP contribution is 2.33. The van der Waals surface area contributed by atoms with Gasteiger partial charge in [0.1, 0.15) is 0 Å². The van der Waals surface area contributed by atoms with Crippen LogP contribution in [0.1, 0.15) is 72.7 Å². The lowest BCUT2D eigenvalue weighted by atomic mass is 9.79. The van der Waals surface area contributed by atoms with Crippen LogP contribution in [0.2, 0.25) is 0 Å².